The fourth-order valence-electron chi connectivity index (χ4n) is 12.4. The first-order valence-electron chi connectivity index (χ1n) is 17.6. The summed E-state index contributed by atoms with van der Waals surface area (Å²) in [6.07, 6.45) is 14.3. The van der Waals surface area contributed by atoms with Gasteiger partial charge in [-0.05, 0) is 110 Å². The zero-order valence-corrected chi connectivity index (χ0v) is 28.3. The molecule has 5 saturated carbocycles. The predicted octanol–water partition coefficient (Wildman–Crippen LogP) is 7.97. The number of allylic oxidation sites excluding steroid dienone is 2. The van der Waals surface area contributed by atoms with Crippen molar-refractivity contribution >= 4 is 24.0 Å². The first-order chi connectivity index (χ1) is 20.5. The van der Waals surface area contributed by atoms with Gasteiger partial charge in [0.1, 0.15) is 12.4 Å². The number of hydrogen-bond acceptors (Lipinski definition) is 5. The first kappa shape index (κ1) is 32.0. The second kappa shape index (κ2) is 10.3. The average molecular weight is 609 g/mol. The van der Waals surface area contributed by atoms with Crippen molar-refractivity contribution in [3.8, 4) is 0 Å². The Hall–Kier alpha value is -1.98. The van der Waals surface area contributed by atoms with Gasteiger partial charge in [0.15, 0.2) is 5.78 Å². The minimum absolute atomic E-state index is 0.0921. The van der Waals surface area contributed by atoms with Gasteiger partial charge in [-0.3, -0.25) is 14.4 Å². The lowest BCUT2D eigenvalue weighted by atomic mass is 9.33. The van der Waals surface area contributed by atoms with Crippen molar-refractivity contribution in [3.05, 3.63) is 11.6 Å². The fourth-order valence-corrected chi connectivity index (χ4v) is 12.4. The third-order valence-electron chi connectivity index (χ3n) is 15.5. The summed E-state index contributed by atoms with van der Waals surface area (Å²) in [6.45, 7) is 16.1. The van der Waals surface area contributed by atoms with Crippen molar-refractivity contribution in [1.29, 1.82) is 0 Å². The lowest BCUT2D eigenvalue weighted by Gasteiger charge is -2.70. The highest BCUT2D eigenvalue weighted by atomic mass is 16.5. The molecule has 0 aromatic carbocycles. The molecule has 0 amide bonds. The standard InChI is InChI=1S/C38H56O6/c1-33(2)28-12-15-38(7)30(36(28,5)14-13-29(33)44-32(43)24-11-9-8-10-23(24)31(41)42)27(40)20-25-26-21-34(3,22-39)16-17-35(26,4)18-19-37(25,38)6/h20,22-24,26,28-30H,8-19,21H2,1-7H3,(H,41,42)/t23-,24-,26-,28?,29-,30?,34-,35+,36-,37?,38+/m0/s1. The Bertz CT molecular complexity index is 1280. The smallest absolute Gasteiger partial charge is 0.310 e. The van der Waals surface area contributed by atoms with Crippen molar-refractivity contribution in [1.82, 2.24) is 0 Å². The lowest BCUT2D eigenvalue weighted by Crippen LogP contribution is -2.66. The van der Waals surface area contributed by atoms with Gasteiger partial charge in [0.2, 0.25) is 0 Å². The topological polar surface area (TPSA) is 97.7 Å². The Labute approximate surface area is 264 Å². The summed E-state index contributed by atoms with van der Waals surface area (Å²) >= 11 is 0. The number of aliphatic carboxylic acids is 1. The molecule has 44 heavy (non-hydrogen) atoms. The van der Waals surface area contributed by atoms with Crippen LogP contribution in [0.15, 0.2) is 11.6 Å². The molecule has 6 heteroatoms. The number of ketones is 1. The Morgan fingerprint density at radius 2 is 1.52 bits per heavy atom. The average Bonchev–Trinajstić information content (AvgIpc) is 2.96. The van der Waals surface area contributed by atoms with Gasteiger partial charge < -0.3 is 14.6 Å². The molecule has 6 aliphatic rings. The SMILES string of the molecule is CC1(C)C2CC[C@]3(C)C(C(=O)C=C4[C@@H]5C[C@@](C)(C=O)CC[C@]5(C)CCC43C)[C@@]2(C)CC[C@@H]1OC(=O)[C@H]1CCCC[C@@H]1C(=O)O. The second-order valence-corrected chi connectivity index (χ2v) is 18.1. The number of ether oxygens (including phenoxy) is 1. The fraction of sp³-hybridized carbons (Fsp3) is 0.842. The maximum absolute atomic E-state index is 14.6. The normalized spacial score (nSPS) is 49.7. The van der Waals surface area contributed by atoms with Crippen LogP contribution in [0, 0.1) is 62.1 Å². The van der Waals surface area contributed by atoms with E-state index in [0.29, 0.717) is 19.3 Å². The van der Waals surface area contributed by atoms with Crippen LogP contribution >= 0.6 is 0 Å². The van der Waals surface area contributed by atoms with Crippen LogP contribution < -0.4 is 0 Å². The summed E-state index contributed by atoms with van der Waals surface area (Å²) in [4.78, 5) is 52.2. The van der Waals surface area contributed by atoms with Crippen LogP contribution in [0.2, 0.25) is 0 Å². The van der Waals surface area contributed by atoms with E-state index in [0.717, 1.165) is 64.2 Å². The molecule has 0 saturated heterocycles. The van der Waals surface area contributed by atoms with E-state index < -0.39 is 17.8 Å². The van der Waals surface area contributed by atoms with E-state index >= 15 is 0 Å². The second-order valence-electron chi connectivity index (χ2n) is 18.1. The van der Waals surface area contributed by atoms with Gasteiger partial charge in [0.25, 0.3) is 0 Å². The van der Waals surface area contributed by atoms with E-state index in [1.54, 1.807) is 0 Å². The minimum Gasteiger partial charge on any atom is -0.481 e. The van der Waals surface area contributed by atoms with Crippen LogP contribution in [-0.2, 0) is 23.9 Å². The van der Waals surface area contributed by atoms with Crippen molar-refractivity contribution in [2.75, 3.05) is 0 Å². The van der Waals surface area contributed by atoms with Crippen molar-refractivity contribution in [3.63, 3.8) is 0 Å². The molecule has 6 rings (SSSR count). The molecule has 1 N–H and O–H groups in total. The number of carboxylic acids is 1. The zero-order chi connectivity index (χ0) is 32.1. The molecule has 5 fully saturated rings. The molecule has 0 aromatic rings. The Morgan fingerprint density at radius 3 is 2.18 bits per heavy atom. The largest absolute Gasteiger partial charge is 0.481 e. The number of esters is 1. The van der Waals surface area contributed by atoms with Gasteiger partial charge in [-0.25, -0.2) is 0 Å². The lowest BCUT2D eigenvalue weighted by molar-refractivity contribution is -0.213. The molecule has 6 aliphatic carbocycles. The molecular formula is C38H56O6. The van der Waals surface area contributed by atoms with Crippen LogP contribution in [-0.4, -0.2) is 35.2 Å². The van der Waals surface area contributed by atoms with E-state index in [2.05, 4.69) is 54.5 Å². The van der Waals surface area contributed by atoms with Gasteiger partial charge in [0, 0.05) is 16.7 Å². The molecule has 0 aromatic heterocycles. The summed E-state index contributed by atoms with van der Waals surface area (Å²) < 4.78 is 6.29. The molecule has 6 nitrogen and oxygen atoms in total. The van der Waals surface area contributed by atoms with Crippen LogP contribution in [0.1, 0.15) is 132 Å². The van der Waals surface area contributed by atoms with E-state index in [1.807, 2.05) is 0 Å². The van der Waals surface area contributed by atoms with E-state index in [1.165, 1.54) is 11.9 Å². The van der Waals surface area contributed by atoms with Crippen molar-refractivity contribution in [2.24, 2.45) is 62.1 Å². The number of aldehydes is 1. The highest BCUT2D eigenvalue weighted by molar-refractivity contribution is 5.95. The zero-order valence-electron chi connectivity index (χ0n) is 28.3. The maximum Gasteiger partial charge on any atom is 0.310 e. The molecule has 0 radical (unpaired) electrons. The molecule has 11 atom stereocenters. The summed E-state index contributed by atoms with van der Waals surface area (Å²) in [5.74, 6) is -1.81. The van der Waals surface area contributed by atoms with E-state index in [4.69, 9.17) is 4.74 Å². The van der Waals surface area contributed by atoms with E-state index in [-0.39, 0.29) is 68.1 Å². The number of carbonyl (C=O) groups is 4. The number of carbonyl (C=O) groups excluding carboxylic acids is 3. The Morgan fingerprint density at radius 1 is 0.864 bits per heavy atom. The number of carboxylic acid groups (broad SMARTS) is 1. The number of fused-ring (bicyclic) bond motifs is 7. The highest BCUT2D eigenvalue weighted by Crippen LogP contribution is 2.75. The molecule has 0 aliphatic heterocycles. The first-order valence-corrected chi connectivity index (χ1v) is 17.6. The number of rotatable bonds is 4. The Kier molecular flexibility index (Phi) is 7.46. The molecule has 244 valence electrons. The van der Waals surface area contributed by atoms with Gasteiger partial charge in [-0.2, -0.15) is 0 Å². The molecule has 0 heterocycles. The van der Waals surface area contributed by atoms with Crippen molar-refractivity contribution < 1.29 is 29.0 Å². The van der Waals surface area contributed by atoms with Gasteiger partial charge in [-0.15, -0.1) is 0 Å². The van der Waals surface area contributed by atoms with Gasteiger partial charge >= 0.3 is 11.9 Å². The Balaban J connectivity index is 1.30. The summed E-state index contributed by atoms with van der Waals surface area (Å²) in [7, 11) is 0. The monoisotopic (exact) mass is 608 g/mol. The summed E-state index contributed by atoms with van der Waals surface area (Å²) in [5, 5.41) is 9.77. The van der Waals surface area contributed by atoms with Crippen LogP contribution in [0.25, 0.3) is 0 Å². The molecule has 0 bridgehead atoms. The third kappa shape index (κ3) is 4.37. The minimum atomic E-state index is -0.891. The summed E-state index contributed by atoms with van der Waals surface area (Å²) in [6, 6.07) is 0. The molecular weight excluding hydrogens is 552 g/mol. The van der Waals surface area contributed by atoms with Gasteiger partial charge in [-0.1, -0.05) is 66.9 Å². The molecule has 0 spiro atoms. The van der Waals surface area contributed by atoms with Gasteiger partial charge in [0.05, 0.1) is 11.8 Å². The third-order valence-corrected chi connectivity index (χ3v) is 15.5. The maximum atomic E-state index is 14.6. The van der Waals surface area contributed by atoms with Crippen LogP contribution in [0.3, 0.4) is 0 Å². The van der Waals surface area contributed by atoms with Crippen LogP contribution in [0.4, 0.5) is 0 Å². The van der Waals surface area contributed by atoms with Crippen LogP contribution in [0.5, 0.6) is 0 Å². The van der Waals surface area contributed by atoms with E-state index in [9.17, 15) is 24.3 Å². The summed E-state index contributed by atoms with van der Waals surface area (Å²) in [5.41, 5.74) is 0.323. The predicted molar refractivity (Wildman–Crippen MR) is 168 cm³/mol. The highest BCUT2D eigenvalue weighted by Gasteiger charge is 2.70. The quantitative estimate of drug-likeness (QED) is 0.257. The van der Waals surface area contributed by atoms with Crippen molar-refractivity contribution in [2.45, 2.75) is 138 Å². The molecule has 3 unspecified atom stereocenters. The number of hydrogen-bond donors (Lipinski definition) is 1.